The Hall–Kier alpha value is -0.960. The van der Waals surface area contributed by atoms with Crippen LogP contribution in [-0.2, 0) is 6.42 Å². The van der Waals surface area contributed by atoms with Crippen LogP contribution in [0.3, 0.4) is 0 Å². The molecular formula is C8H8F2O. The van der Waals surface area contributed by atoms with Crippen molar-refractivity contribution >= 4 is 0 Å². The lowest BCUT2D eigenvalue weighted by Gasteiger charge is -1.99. The highest BCUT2D eigenvalue weighted by atomic mass is 19.2. The van der Waals surface area contributed by atoms with E-state index in [1.165, 1.54) is 12.1 Å². The van der Waals surface area contributed by atoms with Crippen LogP contribution in [0.4, 0.5) is 8.78 Å². The van der Waals surface area contributed by atoms with E-state index < -0.39 is 11.6 Å². The summed E-state index contributed by atoms with van der Waals surface area (Å²) < 4.78 is 25.1. The van der Waals surface area contributed by atoms with Gasteiger partial charge in [0.05, 0.1) is 0 Å². The average molecular weight is 158 g/mol. The number of aliphatic hydroxyl groups is 1. The van der Waals surface area contributed by atoms with Crippen molar-refractivity contribution in [1.29, 1.82) is 0 Å². The van der Waals surface area contributed by atoms with Crippen molar-refractivity contribution in [2.75, 3.05) is 6.61 Å². The van der Waals surface area contributed by atoms with Crippen LogP contribution < -0.4 is 0 Å². The highest BCUT2D eigenvalue weighted by Gasteiger charge is 2.05. The molecule has 0 fully saturated rings. The number of halogens is 2. The molecule has 0 heterocycles. The first-order valence-corrected chi connectivity index (χ1v) is 3.29. The molecule has 1 aromatic carbocycles. The van der Waals surface area contributed by atoms with Crippen LogP contribution in [0.1, 0.15) is 5.56 Å². The second-order valence-electron chi connectivity index (χ2n) is 2.19. The topological polar surface area (TPSA) is 20.2 Å². The zero-order chi connectivity index (χ0) is 8.27. The third-order valence-corrected chi connectivity index (χ3v) is 1.41. The first kappa shape index (κ1) is 8.14. The average Bonchev–Trinajstić information content (AvgIpc) is 1.99. The number of hydrogen-bond donors (Lipinski definition) is 1. The van der Waals surface area contributed by atoms with Gasteiger partial charge in [0.1, 0.15) is 0 Å². The van der Waals surface area contributed by atoms with Gasteiger partial charge < -0.3 is 5.11 Å². The molecule has 1 aromatic rings. The summed E-state index contributed by atoms with van der Waals surface area (Å²) in [5, 5.41) is 8.45. The van der Waals surface area contributed by atoms with Crippen LogP contribution in [0.5, 0.6) is 0 Å². The van der Waals surface area contributed by atoms with Crippen LogP contribution in [0.2, 0.25) is 0 Å². The maximum absolute atomic E-state index is 12.7. The van der Waals surface area contributed by atoms with Gasteiger partial charge in [-0.25, -0.2) is 8.78 Å². The second-order valence-corrected chi connectivity index (χ2v) is 2.19. The van der Waals surface area contributed by atoms with Gasteiger partial charge in [-0.3, -0.25) is 0 Å². The van der Waals surface area contributed by atoms with Crippen LogP contribution >= 0.6 is 0 Å². The molecule has 60 valence electrons. The standard InChI is InChI=1S/C8H8F2O/c9-7-3-1-2-6(4-5-11)8(7)10/h1-3,11H,4-5H2. The third kappa shape index (κ3) is 1.74. The molecule has 0 aliphatic rings. The van der Waals surface area contributed by atoms with E-state index in [2.05, 4.69) is 0 Å². The lowest BCUT2D eigenvalue weighted by molar-refractivity contribution is 0.297. The molecule has 0 aliphatic heterocycles. The zero-order valence-corrected chi connectivity index (χ0v) is 5.85. The largest absolute Gasteiger partial charge is 0.396 e. The molecule has 0 saturated heterocycles. The summed E-state index contributed by atoms with van der Waals surface area (Å²) in [6.45, 7) is -0.166. The van der Waals surface area contributed by atoms with Crippen LogP contribution in [0.25, 0.3) is 0 Å². The van der Waals surface area contributed by atoms with Gasteiger partial charge in [-0.15, -0.1) is 0 Å². The highest BCUT2D eigenvalue weighted by molar-refractivity contribution is 5.18. The van der Waals surface area contributed by atoms with E-state index in [-0.39, 0.29) is 18.6 Å². The molecule has 1 N–H and O–H groups in total. The monoisotopic (exact) mass is 158 g/mol. The van der Waals surface area contributed by atoms with E-state index in [0.29, 0.717) is 0 Å². The summed E-state index contributed by atoms with van der Waals surface area (Å²) in [7, 11) is 0. The van der Waals surface area contributed by atoms with Gasteiger partial charge >= 0.3 is 0 Å². The Balaban J connectivity index is 2.96. The highest BCUT2D eigenvalue weighted by Crippen LogP contribution is 2.11. The van der Waals surface area contributed by atoms with Crippen molar-refractivity contribution < 1.29 is 13.9 Å². The quantitative estimate of drug-likeness (QED) is 0.691. The summed E-state index contributed by atoms with van der Waals surface area (Å²) in [5.41, 5.74) is 0.215. The Bertz CT molecular complexity index is 248. The minimum absolute atomic E-state index is 0.156. The van der Waals surface area contributed by atoms with Crippen molar-refractivity contribution in [3.63, 3.8) is 0 Å². The summed E-state index contributed by atoms with van der Waals surface area (Å²) in [6.07, 6.45) is 0.156. The summed E-state index contributed by atoms with van der Waals surface area (Å²) in [5.74, 6) is -1.72. The smallest absolute Gasteiger partial charge is 0.162 e. The van der Waals surface area contributed by atoms with Gasteiger partial charge in [-0.05, 0) is 18.1 Å². The lowest BCUT2D eigenvalue weighted by Crippen LogP contribution is -1.96. The molecule has 0 bridgehead atoms. The minimum atomic E-state index is -0.865. The van der Waals surface area contributed by atoms with E-state index in [4.69, 9.17) is 5.11 Å². The molecule has 0 atom stereocenters. The van der Waals surface area contributed by atoms with Gasteiger partial charge in [-0.1, -0.05) is 12.1 Å². The van der Waals surface area contributed by atoms with E-state index in [9.17, 15) is 8.78 Å². The zero-order valence-electron chi connectivity index (χ0n) is 5.85. The molecule has 0 unspecified atom stereocenters. The van der Waals surface area contributed by atoms with E-state index in [1.54, 1.807) is 0 Å². The molecular weight excluding hydrogens is 150 g/mol. The molecule has 11 heavy (non-hydrogen) atoms. The van der Waals surface area contributed by atoms with Crippen LogP contribution in [0.15, 0.2) is 18.2 Å². The Morgan fingerprint density at radius 2 is 2.00 bits per heavy atom. The van der Waals surface area contributed by atoms with Gasteiger partial charge in [0, 0.05) is 6.61 Å². The Morgan fingerprint density at radius 3 is 2.64 bits per heavy atom. The predicted octanol–water partition coefficient (Wildman–Crippen LogP) is 1.50. The molecule has 0 amide bonds. The fourth-order valence-electron chi connectivity index (χ4n) is 0.862. The van der Waals surface area contributed by atoms with Crippen LogP contribution in [-0.4, -0.2) is 11.7 Å². The lowest BCUT2D eigenvalue weighted by atomic mass is 10.1. The first-order valence-electron chi connectivity index (χ1n) is 3.29. The molecule has 0 spiro atoms. The molecule has 1 nitrogen and oxygen atoms in total. The molecule has 1 rings (SSSR count). The van der Waals surface area contributed by atoms with Crippen molar-refractivity contribution in [2.45, 2.75) is 6.42 Å². The molecule has 0 saturated carbocycles. The second kappa shape index (κ2) is 3.44. The molecule has 3 heteroatoms. The third-order valence-electron chi connectivity index (χ3n) is 1.41. The van der Waals surface area contributed by atoms with Crippen molar-refractivity contribution in [3.8, 4) is 0 Å². The maximum Gasteiger partial charge on any atom is 0.162 e. The van der Waals surface area contributed by atoms with Crippen LogP contribution in [0, 0.1) is 11.6 Å². The Kier molecular flexibility index (Phi) is 2.54. The van der Waals surface area contributed by atoms with Crippen molar-refractivity contribution in [1.82, 2.24) is 0 Å². The fraction of sp³-hybridized carbons (Fsp3) is 0.250. The fourth-order valence-corrected chi connectivity index (χ4v) is 0.862. The first-order chi connectivity index (χ1) is 5.25. The number of rotatable bonds is 2. The molecule has 0 aliphatic carbocycles. The number of benzene rings is 1. The van der Waals surface area contributed by atoms with Gasteiger partial charge in [0.15, 0.2) is 11.6 Å². The molecule has 0 radical (unpaired) electrons. The van der Waals surface area contributed by atoms with Gasteiger partial charge in [0.2, 0.25) is 0 Å². The van der Waals surface area contributed by atoms with Gasteiger partial charge in [0.25, 0.3) is 0 Å². The Morgan fingerprint density at radius 1 is 1.27 bits per heavy atom. The Labute approximate surface area is 63.3 Å². The van der Waals surface area contributed by atoms with E-state index in [0.717, 1.165) is 6.07 Å². The van der Waals surface area contributed by atoms with Crippen molar-refractivity contribution in [2.24, 2.45) is 0 Å². The predicted molar refractivity (Wildman–Crippen MR) is 37.1 cm³/mol. The minimum Gasteiger partial charge on any atom is -0.396 e. The molecule has 0 aromatic heterocycles. The maximum atomic E-state index is 12.7. The van der Waals surface area contributed by atoms with Crippen molar-refractivity contribution in [3.05, 3.63) is 35.4 Å². The van der Waals surface area contributed by atoms with E-state index in [1.807, 2.05) is 0 Å². The van der Waals surface area contributed by atoms with E-state index >= 15 is 0 Å². The number of hydrogen-bond acceptors (Lipinski definition) is 1. The van der Waals surface area contributed by atoms with Gasteiger partial charge in [-0.2, -0.15) is 0 Å². The normalized spacial score (nSPS) is 10.1. The SMILES string of the molecule is OCCc1cccc(F)c1F. The summed E-state index contributed by atoms with van der Waals surface area (Å²) in [6, 6.07) is 3.92. The number of aliphatic hydroxyl groups excluding tert-OH is 1. The summed E-state index contributed by atoms with van der Waals surface area (Å²) >= 11 is 0. The summed E-state index contributed by atoms with van der Waals surface area (Å²) in [4.78, 5) is 0.